The minimum absolute atomic E-state index is 0.240. The lowest BCUT2D eigenvalue weighted by molar-refractivity contribution is 0.299. The molecular formula is C7H11NO. The Morgan fingerprint density at radius 2 is 2.44 bits per heavy atom. The quantitative estimate of drug-likeness (QED) is 0.614. The standard InChI is InChI=1S/C7H11NO/c1-8-4-2-7(6-8)3-5-9/h2,4,6,9H,3,5H2,1H3. The van der Waals surface area contributed by atoms with Gasteiger partial charge in [0, 0.05) is 26.0 Å². The molecule has 1 N–H and O–H groups in total. The Morgan fingerprint density at radius 1 is 1.67 bits per heavy atom. The molecule has 1 rings (SSSR count). The number of aromatic nitrogens is 1. The number of aliphatic hydroxyl groups is 1. The molecule has 0 aliphatic rings. The van der Waals surface area contributed by atoms with Gasteiger partial charge in [0.15, 0.2) is 0 Å². The molecule has 1 aromatic heterocycles. The number of hydrogen-bond acceptors (Lipinski definition) is 1. The predicted octanol–water partition coefficient (Wildman–Crippen LogP) is 0.560. The highest BCUT2D eigenvalue weighted by atomic mass is 16.2. The van der Waals surface area contributed by atoms with Crippen LogP contribution in [0.25, 0.3) is 0 Å². The van der Waals surface area contributed by atoms with Crippen molar-refractivity contribution in [1.29, 1.82) is 0 Å². The molecule has 0 bridgehead atoms. The van der Waals surface area contributed by atoms with Crippen molar-refractivity contribution < 1.29 is 5.11 Å². The lowest BCUT2D eigenvalue weighted by Gasteiger charge is -1.88. The molecule has 1 heterocycles. The third-order valence-corrected chi connectivity index (χ3v) is 1.29. The van der Waals surface area contributed by atoms with E-state index in [2.05, 4.69) is 0 Å². The highest BCUT2D eigenvalue weighted by Gasteiger charge is 1.90. The van der Waals surface area contributed by atoms with E-state index in [0.717, 1.165) is 6.42 Å². The average molecular weight is 125 g/mol. The molecule has 0 aromatic carbocycles. The van der Waals surface area contributed by atoms with Gasteiger partial charge in [-0.2, -0.15) is 0 Å². The number of rotatable bonds is 2. The van der Waals surface area contributed by atoms with E-state index >= 15 is 0 Å². The van der Waals surface area contributed by atoms with Crippen LogP contribution in [0.15, 0.2) is 18.5 Å². The van der Waals surface area contributed by atoms with E-state index in [1.165, 1.54) is 5.56 Å². The van der Waals surface area contributed by atoms with E-state index in [1.54, 1.807) is 0 Å². The zero-order valence-electron chi connectivity index (χ0n) is 5.54. The minimum Gasteiger partial charge on any atom is -0.396 e. The molecular weight excluding hydrogens is 114 g/mol. The number of nitrogens with zero attached hydrogens (tertiary/aromatic N) is 1. The van der Waals surface area contributed by atoms with Gasteiger partial charge in [-0.3, -0.25) is 0 Å². The second-order valence-corrected chi connectivity index (χ2v) is 2.16. The highest BCUT2D eigenvalue weighted by Crippen LogP contribution is 1.98. The van der Waals surface area contributed by atoms with Gasteiger partial charge in [-0.25, -0.2) is 0 Å². The van der Waals surface area contributed by atoms with Crippen LogP contribution in [0.3, 0.4) is 0 Å². The second kappa shape index (κ2) is 2.69. The Hall–Kier alpha value is -0.760. The van der Waals surface area contributed by atoms with Crippen molar-refractivity contribution in [2.24, 2.45) is 7.05 Å². The summed E-state index contributed by atoms with van der Waals surface area (Å²) in [6.07, 6.45) is 4.75. The van der Waals surface area contributed by atoms with Crippen LogP contribution in [0.5, 0.6) is 0 Å². The van der Waals surface area contributed by atoms with E-state index in [1.807, 2.05) is 30.1 Å². The molecule has 0 atom stereocenters. The van der Waals surface area contributed by atoms with E-state index in [-0.39, 0.29) is 6.61 Å². The fourth-order valence-corrected chi connectivity index (χ4v) is 0.838. The maximum absolute atomic E-state index is 8.52. The van der Waals surface area contributed by atoms with Crippen molar-refractivity contribution in [3.63, 3.8) is 0 Å². The highest BCUT2D eigenvalue weighted by molar-refractivity contribution is 5.09. The summed E-state index contributed by atoms with van der Waals surface area (Å²) in [5.41, 5.74) is 1.19. The Kier molecular flexibility index (Phi) is 1.90. The minimum atomic E-state index is 0.240. The van der Waals surface area contributed by atoms with Crippen LogP contribution < -0.4 is 0 Å². The van der Waals surface area contributed by atoms with E-state index in [0.29, 0.717) is 0 Å². The summed E-state index contributed by atoms with van der Waals surface area (Å²) < 4.78 is 1.98. The fraction of sp³-hybridized carbons (Fsp3) is 0.429. The lowest BCUT2D eigenvalue weighted by Crippen LogP contribution is -1.87. The summed E-state index contributed by atoms with van der Waals surface area (Å²) in [6.45, 7) is 0.240. The van der Waals surface area contributed by atoms with Gasteiger partial charge in [0.25, 0.3) is 0 Å². The molecule has 1 aromatic rings. The summed E-state index contributed by atoms with van der Waals surface area (Å²) >= 11 is 0. The normalized spacial score (nSPS) is 10.0. The number of aliphatic hydroxyl groups excluding tert-OH is 1. The molecule has 0 spiro atoms. The molecule has 0 amide bonds. The zero-order valence-corrected chi connectivity index (χ0v) is 5.54. The van der Waals surface area contributed by atoms with Crippen molar-refractivity contribution in [2.45, 2.75) is 6.42 Å². The summed E-state index contributed by atoms with van der Waals surface area (Å²) in [5.74, 6) is 0. The van der Waals surface area contributed by atoms with Crippen LogP contribution in [0, 0.1) is 0 Å². The van der Waals surface area contributed by atoms with Crippen molar-refractivity contribution >= 4 is 0 Å². The molecule has 2 nitrogen and oxygen atoms in total. The van der Waals surface area contributed by atoms with Gasteiger partial charge < -0.3 is 9.67 Å². The van der Waals surface area contributed by atoms with Gasteiger partial charge in [-0.05, 0) is 18.1 Å². The third kappa shape index (κ3) is 1.57. The van der Waals surface area contributed by atoms with Crippen molar-refractivity contribution in [1.82, 2.24) is 4.57 Å². The van der Waals surface area contributed by atoms with Gasteiger partial charge in [-0.1, -0.05) is 0 Å². The van der Waals surface area contributed by atoms with Gasteiger partial charge in [0.2, 0.25) is 0 Å². The predicted molar refractivity (Wildman–Crippen MR) is 36.2 cm³/mol. The molecule has 0 saturated heterocycles. The molecule has 0 aliphatic heterocycles. The van der Waals surface area contributed by atoms with Crippen molar-refractivity contribution in [3.05, 3.63) is 24.0 Å². The largest absolute Gasteiger partial charge is 0.396 e. The van der Waals surface area contributed by atoms with Gasteiger partial charge >= 0.3 is 0 Å². The maximum Gasteiger partial charge on any atom is 0.0472 e. The number of hydrogen-bond donors (Lipinski definition) is 1. The van der Waals surface area contributed by atoms with Crippen LogP contribution in [-0.2, 0) is 13.5 Å². The first-order chi connectivity index (χ1) is 4.33. The van der Waals surface area contributed by atoms with Crippen LogP contribution in [0.1, 0.15) is 5.56 Å². The Labute approximate surface area is 54.7 Å². The lowest BCUT2D eigenvalue weighted by atomic mass is 10.3. The van der Waals surface area contributed by atoms with Gasteiger partial charge in [-0.15, -0.1) is 0 Å². The topological polar surface area (TPSA) is 25.2 Å². The molecule has 9 heavy (non-hydrogen) atoms. The Balaban J connectivity index is 2.61. The monoisotopic (exact) mass is 125 g/mol. The second-order valence-electron chi connectivity index (χ2n) is 2.16. The fourth-order valence-electron chi connectivity index (χ4n) is 0.838. The van der Waals surface area contributed by atoms with Gasteiger partial charge in [0.05, 0.1) is 0 Å². The number of aryl methyl sites for hydroxylation is 1. The van der Waals surface area contributed by atoms with Gasteiger partial charge in [0.1, 0.15) is 0 Å². The molecule has 0 fully saturated rings. The van der Waals surface area contributed by atoms with Crippen LogP contribution >= 0.6 is 0 Å². The van der Waals surface area contributed by atoms with Crippen molar-refractivity contribution in [2.75, 3.05) is 6.61 Å². The molecule has 0 radical (unpaired) electrons. The van der Waals surface area contributed by atoms with E-state index in [4.69, 9.17) is 5.11 Å². The summed E-state index contributed by atoms with van der Waals surface area (Å²) in [7, 11) is 1.97. The molecule has 2 heteroatoms. The molecule has 0 saturated carbocycles. The first-order valence-corrected chi connectivity index (χ1v) is 3.04. The Morgan fingerprint density at radius 3 is 2.89 bits per heavy atom. The maximum atomic E-state index is 8.52. The molecule has 0 aliphatic carbocycles. The average Bonchev–Trinajstić information content (AvgIpc) is 2.17. The summed E-state index contributed by atoms with van der Waals surface area (Å²) in [4.78, 5) is 0. The summed E-state index contributed by atoms with van der Waals surface area (Å²) in [6, 6.07) is 2.01. The van der Waals surface area contributed by atoms with Crippen LogP contribution in [-0.4, -0.2) is 16.3 Å². The molecule has 0 unspecified atom stereocenters. The Bertz CT molecular complexity index is 181. The van der Waals surface area contributed by atoms with E-state index in [9.17, 15) is 0 Å². The SMILES string of the molecule is Cn1ccc(CCO)c1. The van der Waals surface area contributed by atoms with Crippen molar-refractivity contribution in [3.8, 4) is 0 Å². The first-order valence-electron chi connectivity index (χ1n) is 3.04. The van der Waals surface area contributed by atoms with E-state index < -0.39 is 0 Å². The first kappa shape index (κ1) is 6.36. The summed E-state index contributed by atoms with van der Waals surface area (Å²) in [5, 5.41) is 8.52. The molecule has 50 valence electrons. The van der Waals surface area contributed by atoms with Crippen LogP contribution in [0.2, 0.25) is 0 Å². The van der Waals surface area contributed by atoms with Crippen LogP contribution in [0.4, 0.5) is 0 Å². The smallest absolute Gasteiger partial charge is 0.0472 e. The zero-order chi connectivity index (χ0) is 6.69. The third-order valence-electron chi connectivity index (χ3n) is 1.29.